The van der Waals surface area contributed by atoms with Gasteiger partial charge in [0, 0.05) is 25.8 Å². The van der Waals surface area contributed by atoms with Gasteiger partial charge in [0.1, 0.15) is 6.10 Å². The molecule has 1 fully saturated rings. The average Bonchev–Trinajstić information content (AvgIpc) is 2.21. The molecular formula is C11H15NO2. The van der Waals surface area contributed by atoms with E-state index >= 15 is 0 Å². The van der Waals surface area contributed by atoms with Crippen LogP contribution in [0.2, 0.25) is 0 Å². The summed E-state index contributed by atoms with van der Waals surface area (Å²) in [6, 6.07) is 0. The Balaban J connectivity index is 2.40. The SMILES string of the molecule is [C-]#[N+]C1(C)CCC(OC(=O)C=C)CC1. The van der Waals surface area contributed by atoms with Gasteiger partial charge in [-0.2, -0.15) is 0 Å². The Labute approximate surface area is 84.6 Å². The van der Waals surface area contributed by atoms with Gasteiger partial charge >= 0.3 is 5.97 Å². The van der Waals surface area contributed by atoms with E-state index in [2.05, 4.69) is 11.4 Å². The second-order valence-electron chi connectivity index (χ2n) is 3.95. The molecular weight excluding hydrogens is 178 g/mol. The third-order valence-electron chi connectivity index (χ3n) is 2.73. The highest BCUT2D eigenvalue weighted by Gasteiger charge is 2.37. The van der Waals surface area contributed by atoms with Crippen molar-refractivity contribution in [2.24, 2.45) is 0 Å². The summed E-state index contributed by atoms with van der Waals surface area (Å²) in [5.74, 6) is -0.360. The molecule has 0 spiro atoms. The van der Waals surface area contributed by atoms with E-state index in [4.69, 9.17) is 11.3 Å². The van der Waals surface area contributed by atoms with Crippen molar-refractivity contribution in [2.75, 3.05) is 0 Å². The van der Waals surface area contributed by atoms with Gasteiger partial charge in [-0.25, -0.2) is 11.4 Å². The van der Waals surface area contributed by atoms with Crippen molar-refractivity contribution in [3.8, 4) is 0 Å². The predicted octanol–water partition coefficient (Wildman–Crippen LogP) is 2.34. The Kier molecular flexibility index (Phi) is 3.29. The molecule has 0 amide bonds. The van der Waals surface area contributed by atoms with Crippen molar-refractivity contribution in [3.05, 3.63) is 24.1 Å². The molecule has 0 bridgehead atoms. The van der Waals surface area contributed by atoms with Crippen LogP contribution in [0.4, 0.5) is 0 Å². The van der Waals surface area contributed by atoms with E-state index in [1.54, 1.807) is 0 Å². The van der Waals surface area contributed by atoms with E-state index in [9.17, 15) is 4.79 Å². The van der Waals surface area contributed by atoms with Crippen LogP contribution in [0.3, 0.4) is 0 Å². The van der Waals surface area contributed by atoms with Gasteiger partial charge in [-0.15, -0.1) is 0 Å². The molecule has 1 aliphatic rings. The van der Waals surface area contributed by atoms with Crippen LogP contribution in [0.25, 0.3) is 4.85 Å². The number of esters is 1. The van der Waals surface area contributed by atoms with Gasteiger partial charge in [-0.3, -0.25) is 0 Å². The van der Waals surface area contributed by atoms with Crippen LogP contribution in [0, 0.1) is 6.57 Å². The fourth-order valence-electron chi connectivity index (χ4n) is 1.66. The Hall–Kier alpha value is -1.30. The van der Waals surface area contributed by atoms with Crippen molar-refractivity contribution < 1.29 is 9.53 Å². The summed E-state index contributed by atoms with van der Waals surface area (Å²) in [6.45, 7) is 12.4. The molecule has 0 aromatic carbocycles. The molecule has 1 saturated carbocycles. The highest BCUT2D eigenvalue weighted by Crippen LogP contribution is 2.32. The Morgan fingerprint density at radius 3 is 2.64 bits per heavy atom. The van der Waals surface area contributed by atoms with Crippen molar-refractivity contribution >= 4 is 5.97 Å². The third-order valence-corrected chi connectivity index (χ3v) is 2.73. The van der Waals surface area contributed by atoms with Crippen LogP contribution in [0.15, 0.2) is 12.7 Å². The van der Waals surface area contributed by atoms with Gasteiger partial charge in [0.2, 0.25) is 5.54 Å². The van der Waals surface area contributed by atoms with E-state index in [-0.39, 0.29) is 17.6 Å². The minimum atomic E-state index is -0.360. The fourth-order valence-corrected chi connectivity index (χ4v) is 1.66. The predicted molar refractivity (Wildman–Crippen MR) is 53.6 cm³/mol. The van der Waals surface area contributed by atoms with E-state index < -0.39 is 0 Å². The molecule has 1 aliphatic carbocycles. The van der Waals surface area contributed by atoms with E-state index in [1.807, 2.05) is 6.92 Å². The molecule has 0 N–H and O–H groups in total. The lowest BCUT2D eigenvalue weighted by molar-refractivity contribution is -0.144. The molecule has 0 aromatic heterocycles. The molecule has 76 valence electrons. The zero-order valence-electron chi connectivity index (χ0n) is 8.45. The first-order chi connectivity index (χ1) is 6.59. The van der Waals surface area contributed by atoms with Crippen LogP contribution < -0.4 is 0 Å². The third kappa shape index (κ3) is 2.59. The molecule has 1 rings (SSSR count). The van der Waals surface area contributed by atoms with Crippen molar-refractivity contribution in [1.29, 1.82) is 0 Å². The van der Waals surface area contributed by atoms with Gasteiger partial charge in [0.15, 0.2) is 0 Å². The molecule has 0 aromatic rings. The molecule has 14 heavy (non-hydrogen) atoms. The molecule has 3 heteroatoms. The van der Waals surface area contributed by atoms with E-state index in [0.29, 0.717) is 0 Å². The first kappa shape index (κ1) is 10.8. The van der Waals surface area contributed by atoms with Crippen LogP contribution >= 0.6 is 0 Å². The van der Waals surface area contributed by atoms with Crippen molar-refractivity contribution in [3.63, 3.8) is 0 Å². The number of nitrogens with zero attached hydrogens (tertiary/aromatic N) is 1. The summed E-state index contributed by atoms with van der Waals surface area (Å²) in [7, 11) is 0. The summed E-state index contributed by atoms with van der Waals surface area (Å²) < 4.78 is 5.12. The molecule has 0 atom stereocenters. The summed E-state index contributed by atoms with van der Waals surface area (Å²) in [5, 5.41) is 0. The summed E-state index contributed by atoms with van der Waals surface area (Å²) in [4.78, 5) is 14.5. The smallest absolute Gasteiger partial charge is 0.330 e. The highest BCUT2D eigenvalue weighted by molar-refractivity contribution is 5.81. The van der Waals surface area contributed by atoms with Gasteiger partial charge < -0.3 is 9.58 Å². The summed E-state index contributed by atoms with van der Waals surface area (Å²) in [5.41, 5.74) is -0.239. The number of hydrogen-bond acceptors (Lipinski definition) is 2. The van der Waals surface area contributed by atoms with Crippen LogP contribution in [-0.2, 0) is 9.53 Å². The van der Waals surface area contributed by atoms with Gasteiger partial charge in [-0.1, -0.05) is 6.58 Å². The average molecular weight is 193 g/mol. The number of rotatable bonds is 2. The Bertz CT molecular complexity index is 270. The fraction of sp³-hybridized carbons (Fsp3) is 0.636. The highest BCUT2D eigenvalue weighted by atomic mass is 16.5. The maximum atomic E-state index is 10.9. The second-order valence-corrected chi connectivity index (χ2v) is 3.95. The quantitative estimate of drug-likeness (QED) is 0.383. The van der Waals surface area contributed by atoms with Gasteiger partial charge in [0.25, 0.3) is 0 Å². The van der Waals surface area contributed by atoms with Crippen molar-refractivity contribution in [1.82, 2.24) is 0 Å². The van der Waals surface area contributed by atoms with Crippen molar-refractivity contribution in [2.45, 2.75) is 44.2 Å². The zero-order chi connectivity index (χ0) is 10.6. The van der Waals surface area contributed by atoms with Crippen LogP contribution in [0.5, 0.6) is 0 Å². The maximum absolute atomic E-state index is 10.9. The van der Waals surface area contributed by atoms with Gasteiger partial charge in [0.05, 0.1) is 0 Å². The molecule has 3 nitrogen and oxygen atoms in total. The minimum Gasteiger partial charge on any atom is -0.459 e. The molecule has 0 radical (unpaired) electrons. The minimum absolute atomic E-state index is 0.0182. The monoisotopic (exact) mass is 193 g/mol. The summed E-state index contributed by atoms with van der Waals surface area (Å²) >= 11 is 0. The maximum Gasteiger partial charge on any atom is 0.330 e. The first-order valence-corrected chi connectivity index (χ1v) is 4.81. The number of ether oxygens (including phenoxy) is 1. The lowest BCUT2D eigenvalue weighted by atomic mass is 9.82. The largest absolute Gasteiger partial charge is 0.459 e. The zero-order valence-corrected chi connectivity index (χ0v) is 8.45. The number of carbonyl (C=O) groups excluding carboxylic acids is 1. The number of carbonyl (C=O) groups is 1. The summed E-state index contributed by atoms with van der Waals surface area (Å²) in [6.07, 6.45) is 4.37. The lowest BCUT2D eigenvalue weighted by Crippen LogP contribution is -2.32. The Morgan fingerprint density at radius 2 is 2.21 bits per heavy atom. The normalized spacial score (nSPS) is 31.6. The number of hydrogen-bond donors (Lipinski definition) is 0. The van der Waals surface area contributed by atoms with E-state index in [0.717, 1.165) is 25.7 Å². The van der Waals surface area contributed by atoms with Crippen LogP contribution in [-0.4, -0.2) is 17.6 Å². The van der Waals surface area contributed by atoms with E-state index in [1.165, 1.54) is 6.08 Å². The first-order valence-electron chi connectivity index (χ1n) is 4.81. The molecule has 0 aliphatic heterocycles. The topological polar surface area (TPSA) is 30.7 Å². The van der Waals surface area contributed by atoms with Gasteiger partial charge in [-0.05, 0) is 12.8 Å². The standard InChI is InChI=1S/C11H15NO2/c1-4-10(13)14-9-5-7-11(2,12-3)8-6-9/h4,9H,1,5-8H2,2H3. The lowest BCUT2D eigenvalue weighted by Gasteiger charge is -2.27. The van der Waals surface area contributed by atoms with Crippen LogP contribution in [0.1, 0.15) is 32.6 Å². The molecule has 0 unspecified atom stereocenters. The molecule has 0 saturated heterocycles. The molecule has 0 heterocycles. The Morgan fingerprint density at radius 1 is 1.64 bits per heavy atom. The second kappa shape index (κ2) is 4.28.